The first kappa shape index (κ1) is 29.3. The van der Waals surface area contributed by atoms with Crippen molar-refractivity contribution in [1.82, 2.24) is 19.4 Å². The highest BCUT2D eigenvalue weighted by atomic mass is 32.2. The quantitative estimate of drug-likeness (QED) is 0.482. The van der Waals surface area contributed by atoms with Crippen LogP contribution in [0.3, 0.4) is 0 Å². The van der Waals surface area contributed by atoms with Crippen LogP contribution in [0.1, 0.15) is 68.9 Å². The number of methoxy groups -OCH3 is 1. The predicted octanol–water partition coefficient (Wildman–Crippen LogP) is 3.56. The Morgan fingerprint density at radius 1 is 1.00 bits per heavy atom. The molecule has 2 heterocycles. The molecule has 0 spiro atoms. The second kappa shape index (κ2) is 13.1. The number of ether oxygens (including phenoxy) is 1. The molecule has 2 aliphatic heterocycles. The van der Waals surface area contributed by atoms with Gasteiger partial charge in [-0.1, -0.05) is 0 Å². The van der Waals surface area contributed by atoms with Gasteiger partial charge in [0.15, 0.2) is 0 Å². The van der Waals surface area contributed by atoms with Crippen molar-refractivity contribution in [3.05, 3.63) is 23.3 Å². The van der Waals surface area contributed by atoms with E-state index in [1.807, 2.05) is 0 Å². The van der Waals surface area contributed by atoms with Crippen LogP contribution in [0.15, 0.2) is 17.0 Å². The molecule has 0 aromatic heterocycles. The van der Waals surface area contributed by atoms with Gasteiger partial charge >= 0.3 is 0 Å². The number of hydrogen-bond acceptors (Lipinski definition) is 6. The van der Waals surface area contributed by atoms with Crippen LogP contribution >= 0.6 is 0 Å². The SMILES string of the molecule is COc1cc(C)c(S(=O)(=O)N(C)CCC(=O)NC2CCC(N3CCC(CN4CCCC4)CC3)CC2)c(C)c1. The first-order valence-corrected chi connectivity index (χ1v) is 16.0. The smallest absolute Gasteiger partial charge is 0.243 e. The normalized spacial score (nSPS) is 24.1. The summed E-state index contributed by atoms with van der Waals surface area (Å²) in [6.07, 6.45) is 9.81. The molecule has 1 aliphatic carbocycles. The Labute approximate surface area is 230 Å². The van der Waals surface area contributed by atoms with E-state index in [4.69, 9.17) is 4.74 Å². The maximum atomic E-state index is 13.2. The van der Waals surface area contributed by atoms with Crippen molar-refractivity contribution in [2.24, 2.45) is 5.92 Å². The molecule has 0 unspecified atom stereocenters. The molecule has 214 valence electrons. The Hall–Kier alpha value is -1.68. The topological polar surface area (TPSA) is 82.2 Å². The van der Waals surface area contributed by atoms with Crippen molar-refractivity contribution in [3.8, 4) is 5.75 Å². The second-order valence-electron chi connectivity index (χ2n) is 11.7. The number of sulfonamides is 1. The van der Waals surface area contributed by atoms with Crippen molar-refractivity contribution < 1.29 is 17.9 Å². The third-order valence-electron chi connectivity index (χ3n) is 8.93. The summed E-state index contributed by atoms with van der Waals surface area (Å²) in [5.74, 6) is 1.43. The Bertz CT molecular complexity index is 1020. The van der Waals surface area contributed by atoms with E-state index in [2.05, 4.69) is 15.1 Å². The van der Waals surface area contributed by atoms with Gasteiger partial charge in [0.2, 0.25) is 15.9 Å². The molecule has 3 aliphatic rings. The van der Waals surface area contributed by atoms with Gasteiger partial charge in [0.1, 0.15) is 5.75 Å². The molecule has 38 heavy (non-hydrogen) atoms. The van der Waals surface area contributed by atoms with Crippen LogP contribution in [0.5, 0.6) is 5.75 Å². The van der Waals surface area contributed by atoms with Crippen molar-refractivity contribution >= 4 is 15.9 Å². The number of carbonyl (C=O) groups excluding carboxylic acids is 1. The molecule has 4 rings (SSSR count). The molecule has 0 radical (unpaired) electrons. The van der Waals surface area contributed by atoms with Gasteiger partial charge in [-0.05, 0) is 121 Å². The van der Waals surface area contributed by atoms with Gasteiger partial charge in [0.05, 0.1) is 12.0 Å². The third kappa shape index (κ3) is 7.29. The van der Waals surface area contributed by atoms with E-state index in [9.17, 15) is 13.2 Å². The Kier molecular flexibility index (Phi) is 10.1. The highest BCUT2D eigenvalue weighted by Crippen LogP contribution is 2.29. The van der Waals surface area contributed by atoms with E-state index in [1.54, 1.807) is 40.1 Å². The van der Waals surface area contributed by atoms with Crippen LogP contribution < -0.4 is 10.1 Å². The summed E-state index contributed by atoms with van der Waals surface area (Å²) in [6.45, 7) is 10.0. The minimum atomic E-state index is -3.70. The average Bonchev–Trinajstić information content (AvgIpc) is 3.40. The number of carbonyl (C=O) groups is 1. The van der Waals surface area contributed by atoms with Crippen molar-refractivity contribution in [3.63, 3.8) is 0 Å². The summed E-state index contributed by atoms with van der Waals surface area (Å²) in [5.41, 5.74) is 1.29. The van der Waals surface area contributed by atoms with Gasteiger partial charge in [0, 0.05) is 38.6 Å². The summed E-state index contributed by atoms with van der Waals surface area (Å²) in [7, 11) is -0.580. The van der Waals surface area contributed by atoms with Crippen molar-refractivity contribution in [1.29, 1.82) is 0 Å². The fourth-order valence-corrected chi connectivity index (χ4v) is 8.26. The average molecular weight is 549 g/mol. The van der Waals surface area contributed by atoms with Crippen LogP contribution in [0, 0.1) is 19.8 Å². The number of nitrogens with one attached hydrogen (secondary N) is 1. The molecule has 3 fully saturated rings. The molecule has 9 heteroatoms. The lowest BCUT2D eigenvalue weighted by Gasteiger charge is -2.41. The first-order chi connectivity index (χ1) is 18.2. The Morgan fingerprint density at radius 3 is 2.18 bits per heavy atom. The molecule has 2 saturated heterocycles. The molecule has 0 bridgehead atoms. The van der Waals surface area contributed by atoms with E-state index in [1.165, 1.54) is 62.7 Å². The number of aryl methyl sites for hydroxylation is 2. The van der Waals surface area contributed by atoms with E-state index >= 15 is 0 Å². The van der Waals surface area contributed by atoms with Gasteiger partial charge in [-0.3, -0.25) is 4.79 Å². The van der Waals surface area contributed by atoms with Gasteiger partial charge in [-0.25, -0.2) is 12.7 Å². The van der Waals surface area contributed by atoms with Crippen LogP contribution in [-0.2, 0) is 14.8 Å². The number of piperidine rings is 1. The minimum Gasteiger partial charge on any atom is -0.497 e. The van der Waals surface area contributed by atoms with Gasteiger partial charge in [-0.15, -0.1) is 0 Å². The molecule has 1 amide bonds. The standard InChI is InChI=1S/C29H48N4O4S/c1-22-19-27(37-4)20-23(2)29(22)38(35,36)31(3)16-13-28(34)30-25-7-9-26(10-8-25)33-17-11-24(12-18-33)21-32-14-5-6-15-32/h19-20,24-26H,5-18,21H2,1-4H3,(H,30,34). The van der Waals surface area contributed by atoms with E-state index < -0.39 is 10.0 Å². The summed E-state index contributed by atoms with van der Waals surface area (Å²) < 4.78 is 33.0. The predicted molar refractivity (Wildman–Crippen MR) is 151 cm³/mol. The summed E-state index contributed by atoms with van der Waals surface area (Å²) in [4.78, 5) is 18.3. The number of nitrogens with zero attached hydrogens (tertiary/aromatic N) is 3. The lowest BCUT2D eigenvalue weighted by atomic mass is 9.87. The molecule has 1 aromatic rings. The van der Waals surface area contributed by atoms with Gasteiger partial charge < -0.3 is 19.9 Å². The highest BCUT2D eigenvalue weighted by Gasteiger charge is 2.31. The molecule has 1 aromatic carbocycles. The van der Waals surface area contributed by atoms with Crippen LogP contribution in [0.4, 0.5) is 0 Å². The molecule has 1 saturated carbocycles. The summed E-state index contributed by atoms with van der Waals surface area (Å²) in [6, 6.07) is 4.30. The number of benzene rings is 1. The van der Waals surface area contributed by atoms with E-state index in [0.717, 1.165) is 31.6 Å². The lowest BCUT2D eigenvalue weighted by molar-refractivity contribution is -0.122. The Morgan fingerprint density at radius 2 is 1.61 bits per heavy atom. The van der Waals surface area contributed by atoms with E-state index in [0.29, 0.717) is 27.8 Å². The van der Waals surface area contributed by atoms with Gasteiger partial charge in [0.25, 0.3) is 0 Å². The largest absolute Gasteiger partial charge is 0.497 e. The molecule has 8 nitrogen and oxygen atoms in total. The zero-order chi connectivity index (χ0) is 27.3. The fourth-order valence-electron chi connectivity index (χ4n) is 6.69. The molecular weight excluding hydrogens is 500 g/mol. The highest BCUT2D eigenvalue weighted by molar-refractivity contribution is 7.89. The van der Waals surface area contributed by atoms with Crippen molar-refractivity contribution in [2.75, 3.05) is 53.4 Å². The summed E-state index contributed by atoms with van der Waals surface area (Å²) >= 11 is 0. The van der Waals surface area contributed by atoms with Crippen molar-refractivity contribution in [2.45, 2.75) is 88.6 Å². The van der Waals surface area contributed by atoms with Crippen LogP contribution in [-0.4, -0.2) is 93.9 Å². The number of hydrogen-bond donors (Lipinski definition) is 1. The monoisotopic (exact) mass is 548 g/mol. The summed E-state index contributed by atoms with van der Waals surface area (Å²) in [5, 5.41) is 3.17. The lowest BCUT2D eigenvalue weighted by Crippen LogP contribution is -2.47. The van der Waals surface area contributed by atoms with Crippen LogP contribution in [0.2, 0.25) is 0 Å². The van der Waals surface area contributed by atoms with Crippen LogP contribution in [0.25, 0.3) is 0 Å². The number of rotatable bonds is 10. The minimum absolute atomic E-state index is 0.0681. The molecular formula is C29H48N4O4S. The molecule has 1 N–H and O–H groups in total. The molecule has 0 atom stereocenters. The zero-order valence-corrected chi connectivity index (χ0v) is 24.7. The Balaban J connectivity index is 1.17. The van der Waals surface area contributed by atoms with Gasteiger partial charge in [-0.2, -0.15) is 0 Å². The second-order valence-corrected chi connectivity index (χ2v) is 13.7. The number of amides is 1. The fraction of sp³-hybridized carbons (Fsp3) is 0.759. The number of likely N-dealkylation sites (tertiary alicyclic amines) is 2. The van der Waals surface area contributed by atoms with E-state index in [-0.39, 0.29) is 24.9 Å². The zero-order valence-electron chi connectivity index (χ0n) is 23.9. The third-order valence-corrected chi connectivity index (χ3v) is 11.1. The maximum absolute atomic E-state index is 13.2. The first-order valence-electron chi connectivity index (χ1n) is 14.5. The maximum Gasteiger partial charge on any atom is 0.243 e.